The number of halogens is 3. The van der Waals surface area contributed by atoms with Gasteiger partial charge in [-0.05, 0) is 82.8 Å². The summed E-state index contributed by atoms with van der Waals surface area (Å²) in [7, 11) is 0. The van der Waals surface area contributed by atoms with E-state index >= 15 is 0 Å². The van der Waals surface area contributed by atoms with Crippen molar-refractivity contribution in [2.75, 3.05) is 19.8 Å². The molecule has 3 nitrogen and oxygen atoms in total. The van der Waals surface area contributed by atoms with Crippen LogP contribution in [0.5, 0.6) is 5.75 Å². The highest BCUT2D eigenvalue weighted by atomic mass is 19.4. The van der Waals surface area contributed by atoms with Crippen molar-refractivity contribution in [2.45, 2.75) is 91.2 Å². The molecule has 0 aliphatic heterocycles. The Balaban J connectivity index is 0.000000257. The molecule has 2 saturated carbocycles. The molecule has 33 heavy (non-hydrogen) atoms. The average molecular weight is 471 g/mol. The molecule has 0 aromatic heterocycles. The van der Waals surface area contributed by atoms with Crippen molar-refractivity contribution in [2.24, 2.45) is 17.3 Å². The van der Waals surface area contributed by atoms with Crippen LogP contribution in [0.3, 0.4) is 0 Å². The van der Waals surface area contributed by atoms with Crippen molar-refractivity contribution in [3.8, 4) is 5.75 Å². The molecule has 0 unspecified atom stereocenters. The Bertz CT molecular complexity index is 688. The van der Waals surface area contributed by atoms with Gasteiger partial charge in [-0.25, -0.2) is 0 Å². The van der Waals surface area contributed by atoms with Gasteiger partial charge in [0.2, 0.25) is 0 Å². The zero-order valence-electron chi connectivity index (χ0n) is 20.5. The molecule has 0 radical (unpaired) electrons. The summed E-state index contributed by atoms with van der Waals surface area (Å²) in [6.07, 6.45) is 7.90. The molecule has 0 bridgehead atoms. The van der Waals surface area contributed by atoms with Gasteiger partial charge in [0.1, 0.15) is 11.5 Å². The lowest BCUT2D eigenvalue weighted by atomic mass is 9.66. The highest BCUT2D eigenvalue weighted by molar-refractivity contribution is 5.82. The van der Waals surface area contributed by atoms with Gasteiger partial charge in [0, 0.05) is 18.6 Å². The maximum absolute atomic E-state index is 12.1. The van der Waals surface area contributed by atoms with Gasteiger partial charge in [0.25, 0.3) is 0 Å². The standard InChI is InChI=1S/C18H32O2.C9H9F3O/c1-3-4-5-10-18(15(2)19)11-8-17(9-12-18)14-20-13-16-6-7-16;1-7-2-4-8(5-3-7)13-6-9(10,11)12/h16-17H,3-14H2,1-2H3;2-5H,6H2,1H3. The third kappa shape index (κ3) is 10.9. The SMILES string of the molecule is CCCCCC1(C(C)=O)CCC(COCC2CC2)CC1.Cc1ccc(OCC(F)(F)F)cc1. The summed E-state index contributed by atoms with van der Waals surface area (Å²) < 4.78 is 45.4. The second kappa shape index (κ2) is 13.4. The molecule has 1 aromatic rings. The zero-order valence-corrected chi connectivity index (χ0v) is 20.5. The van der Waals surface area contributed by atoms with Gasteiger partial charge < -0.3 is 9.47 Å². The predicted molar refractivity (Wildman–Crippen MR) is 125 cm³/mol. The lowest BCUT2D eigenvalue weighted by Crippen LogP contribution is -2.35. The summed E-state index contributed by atoms with van der Waals surface area (Å²) in [5, 5.41) is 0. The van der Waals surface area contributed by atoms with Crippen molar-refractivity contribution in [3.05, 3.63) is 29.8 Å². The molecule has 2 fully saturated rings. The lowest BCUT2D eigenvalue weighted by molar-refractivity contribution is -0.153. The lowest BCUT2D eigenvalue weighted by Gasteiger charge is -2.38. The van der Waals surface area contributed by atoms with E-state index in [1.54, 1.807) is 12.1 Å². The first-order valence-corrected chi connectivity index (χ1v) is 12.5. The number of hydrogen-bond donors (Lipinski definition) is 0. The summed E-state index contributed by atoms with van der Waals surface area (Å²) in [4.78, 5) is 12.1. The van der Waals surface area contributed by atoms with E-state index in [2.05, 4.69) is 11.7 Å². The maximum Gasteiger partial charge on any atom is 0.422 e. The Morgan fingerprint density at radius 2 is 1.58 bits per heavy atom. The van der Waals surface area contributed by atoms with E-state index in [-0.39, 0.29) is 11.2 Å². The minimum absolute atomic E-state index is 0.0160. The number of Topliss-reactive ketones (excluding diaryl/α,β-unsaturated/α-hetero) is 1. The summed E-state index contributed by atoms with van der Waals surface area (Å²) in [5.41, 5.74) is 1.00. The molecule has 6 heteroatoms. The van der Waals surface area contributed by atoms with E-state index in [0.717, 1.165) is 44.0 Å². The number of unbranched alkanes of at least 4 members (excludes halogenated alkanes) is 2. The summed E-state index contributed by atoms with van der Waals surface area (Å²) in [6, 6.07) is 6.43. The van der Waals surface area contributed by atoms with Crippen molar-refractivity contribution in [1.82, 2.24) is 0 Å². The van der Waals surface area contributed by atoms with Crippen LogP contribution in [0.1, 0.15) is 83.6 Å². The van der Waals surface area contributed by atoms with Crippen molar-refractivity contribution in [3.63, 3.8) is 0 Å². The molecule has 1 aromatic carbocycles. The predicted octanol–water partition coefficient (Wildman–Crippen LogP) is 7.70. The van der Waals surface area contributed by atoms with E-state index in [0.29, 0.717) is 11.7 Å². The molecule has 3 rings (SSSR count). The fourth-order valence-corrected chi connectivity index (χ4v) is 4.37. The van der Waals surface area contributed by atoms with Crippen LogP contribution in [0.2, 0.25) is 0 Å². The van der Waals surface area contributed by atoms with Gasteiger partial charge in [0.15, 0.2) is 6.61 Å². The minimum Gasteiger partial charge on any atom is -0.484 e. The van der Waals surface area contributed by atoms with Gasteiger partial charge in [-0.3, -0.25) is 4.79 Å². The van der Waals surface area contributed by atoms with Gasteiger partial charge in [-0.1, -0.05) is 43.9 Å². The van der Waals surface area contributed by atoms with Crippen LogP contribution in [0.4, 0.5) is 13.2 Å². The number of carbonyl (C=O) groups is 1. The largest absolute Gasteiger partial charge is 0.484 e. The number of hydrogen-bond acceptors (Lipinski definition) is 3. The number of alkyl halides is 3. The number of carbonyl (C=O) groups excluding carboxylic acids is 1. The molecular weight excluding hydrogens is 429 g/mol. The second-order valence-corrected chi connectivity index (χ2v) is 9.93. The molecule has 0 saturated heterocycles. The van der Waals surface area contributed by atoms with Crippen molar-refractivity contribution in [1.29, 1.82) is 0 Å². The molecule has 2 aliphatic rings. The Morgan fingerprint density at radius 1 is 1.00 bits per heavy atom. The van der Waals surface area contributed by atoms with Gasteiger partial charge in [-0.15, -0.1) is 0 Å². The molecular formula is C27H41F3O3. The topological polar surface area (TPSA) is 35.5 Å². The van der Waals surface area contributed by atoms with E-state index in [9.17, 15) is 18.0 Å². The summed E-state index contributed by atoms with van der Waals surface area (Å²) in [6.45, 7) is 6.57. The normalized spacial score (nSPS) is 22.9. The van der Waals surface area contributed by atoms with Gasteiger partial charge in [-0.2, -0.15) is 13.2 Å². The quantitative estimate of drug-likeness (QED) is 0.311. The number of rotatable bonds is 11. The van der Waals surface area contributed by atoms with Crippen molar-refractivity contribution < 1.29 is 27.4 Å². The molecule has 0 spiro atoms. The van der Waals surface area contributed by atoms with Crippen LogP contribution in [-0.4, -0.2) is 31.8 Å². The van der Waals surface area contributed by atoms with Crippen LogP contribution in [0.25, 0.3) is 0 Å². The smallest absolute Gasteiger partial charge is 0.422 e. The fourth-order valence-electron chi connectivity index (χ4n) is 4.37. The summed E-state index contributed by atoms with van der Waals surface area (Å²) in [5.74, 6) is 2.24. The van der Waals surface area contributed by atoms with E-state index in [4.69, 9.17) is 4.74 Å². The fraction of sp³-hybridized carbons (Fsp3) is 0.741. The molecule has 0 atom stereocenters. The highest BCUT2D eigenvalue weighted by Gasteiger charge is 2.38. The zero-order chi connectivity index (χ0) is 24.3. The van der Waals surface area contributed by atoms with Gasteiger partial charge >= 0.3 is 6.18 Å². The first-order valence-electron chi connectivity index (χ1n) is 12.5. The number of aryl methyl sites for hydroxylation is 1. The first-order chi connectivity index (χ1) is 15.6. The first kappa shape index (κ1) is 27.7. The monoisotopic (exact) mass is 470 g/mol. The van der Waals surface area contributed by atoms with Crippen LogP contribution in [0.15, 0.2) is 24.3 Å². The second-order valence-electron chi connectivity index (χ2n) is 9.93. The summed E-state index contributed by atoms with van der Waals surface area (Å²) >= 11 is 0. The van der Waals surface area contributed by atoms with Crippen LogP contribution < -0.4 is 4.74 Å². The number of ketones is 1. The van der Waals surface area contributed by atoms with E-state index in [1.165, 1.54) is 57.1 Å². The highest BCUT2D eigenvalue weighted by Crippen LogP contribution is 2.43. The van der Waals surface area contributed by atoms with E-state index in [1.807, 2.05) is 13.8 Å². The molecule has 2 aliphatic carbocycles. The van der Waals surface area contributed by atoms with E-state index < -0.39 is 12.8 Å². The maximum atomic E-state index is 12.1. The van der Waals surface area contributed by atoms with Crippen LogP contribution in [-0.2, 0) is 9.53 Å². The van der Waals surface area contributed by atoms with Crippen LogP contribution >= 0.6 is 0 Å². The Morgan fingerprint density at radius 3 is 2.06 bits per heavy atom. The van der Waals surface area contributed by atoms with Crippen LogP contribution in [0, 0.1) is 24.2 Å². The average Bonchev–Trinajstić information content (AvgIpc) is 3.59. The number of benzene rings is 1. The third-order valence-corrected chi connectivity index (χ3v) is 6.90. The Hall–Kier alpha value is -1.56. The minimum atomic E-state index is -4.27. The molecule has 188 valence electrons. The molecule has 0 amide bonds. The Labute approximate surface area is 197 Å². The van der Waals surface area contributed by atoms with Crippen molar-refractivity contribution >= 4 is 5.78 Å². The Kier molecular flexibility index (Phi) is 11.2. The molecule has 0 heterocycles. The molecule has 0 N–H and O–H groups in total. The number of ether oxygens (including phenoxy) is 2. The third-order valence-electron chi connectivity index (χ3n) is 6.90. The van der Waals surface area contributed by atoms with Gasteiger partial charge in [0.05, 0.1) is 0 Å².